The molecule has 0 atom stereocenters. The van der Waals surface area contributed by atoms with E-state index in [0.29, 0.717) is 10.2 Å². The van der Waals surface area contributed by atoms with E-state index in [-0.39, 0.29) is 5.91 Å². The Labute approximate surface area is 110 Å². The highest BCUT2D eigenvalue weighted by molar-refractivity contribution is 9.10. The molecule has 0 aliphatic heterocycles. The van der Waals surface area contributed by atoms with Crippen molar-refractivity contribution in [1.29, 1.82) is 0 Å². The minimum Gasteiger partial charge on any atom is -0.457 e. The van der Waals surface area contributed by atoms with E-state index in [1.54, 1.807) is 6.07 Å². The maximum atomic E-state index is 11.7. The normalized spacial score (nSPS) is 16.3. The van der Waals surface area contributed by atoms with Crippen LogP contribution in [-0.4, -0.2) is 12.5 Å². The second kappa shape index (κ2) is 6.24. The molecule has 94 valence electrons. The molecule has 0 unspecified atom stereocenters. The van der Waals surface area contributed by atoms with E-state index in [1.807, 2.05) is 0 Å². The Hall–Kier alpha value is -0.770. The number of hydrogen-bond acceptors (Lipinski definition) is 2. The molecule has 1 fully saturated rings. The van der Waals surface area contributed by atoms with Crippen molar-refractivity contribution in [1.82, 2.24) is 5.32 Å². The zero-order valence-corrected chi connectivity index (χ0v) is 11.5. The summed E-state index contributed by atoms with van der Waals surface area (Å²) in [5.74, 6) is 0.838. The first-order valence-corrected chi connectivity index (χ1v) is 7.08. The molecule has 1 saturated carbocycles. The van der Waals surface area contributed by atoms with Crippen molar-refractivity contribution in [3.63, 3.8) is 0 Å². The van der Waals surface area contributed by atoms with E-state index in [4.69, 9.17) is 4.42 Å². The van der Waals surface area contributed by atoms with Crippen LogP contribution in [0.2, 0.25) is 0 Å². The summed E-state index contributed by atoms with van der Waals surface area (Å²) >= 11 is 3.20. The summed E-state index contributed by atoms with van der Waals surface area (Å²) in [6, 6.07) is 1.68. The Morgan fingerprint density at radius 3 is 2.88 bits per heavy atom. The van der Waals surface area contributed by atoms with E-state index >= 15 is 0 Å². The zero-order valence-electron chi connectivity index (χ0n) is 9.88. The first-order valence-electron chi connectivity index (χ1n) is 6.28. The Morgan fingerprint density at radius 2 is 2.24 bits per heavy atom. The molecule has 3 nitrogen and oxygen atoms in total. The first kappa shape index (κ1) is 12.7. The van der Waals surface area contributed by atoms with Gasteiger partial charge in [0.25, 0.3) is 5.91 Å². The lowest BCUT2D eigenvalue weighted by Crippen LogP contribution is -2.24. The van der Waals surface area contributed by atoms with Crippen molar-refractivity contribution in [2.24, 2.45) is 5.92 Å². The minimum atomic E-state index is -0.0583. The summed E-state index contributed by atoms with van der Waals surface area (Å²) in [6.45, 7) is 0.757. The molecule has 0 saturated heterocycles. The fourth-order valence-electron chi connectivity index (χ4n) is 2.44. The molecule has 0 bridgehead atoms. The van der Waals surface area contributed by atoms with Crippen LogP contribution in [0.15, 0.2) is 21.4 Å². The predicted molar refractivity (Wildman–Crippen MR) is 69.9 cm³/mol. The number of carbonyl (C=O) groups excluding carboxylic acids is 1. The number of carbonyl (C=O) groups is 1. The van der Waals surface area contributed by atoms with Crippen LogP contribution in [0, 0.1) is 5.92 Å². The summed E-state index contributed by atoms with van der Waals surface area (Å²) in [7, 11) is 0. The van der Waals surface area contributed by atoms with Crippen molar-refractivity contribution in [3.8, 4) is 0 Å². The van der Waals surface area contributed by atoms with Gasteiger partial charge in [-0.2, -0.15) is 0 Å². The van der Waals surface area contributed by atoms with Gasteiger partial charge in [0.05, 0.1) is 11.8 Å². The van der Waals surface area contributed by atoms with Crippen molar-refractivity contribution >= 4 is 21.8 Å². The molecule has 1 heterocycles. The van der Waals surface area contributed by atoms with E-state index in [0.717, 1.165) is 18.9 Å². The lowest BCUT2D eigenvalue weighted by Gasteiger charge is -2.08. The third kappa shape index (κ3) is 3.60. The minimum absolute atomic E-state index is 0.0583. The SMILES string of the molecule is O=C(NCCCC1CCCC1)c1ccoc1Br. The largest absolute Gasteiger partial charge is 0.457 e. The molecule has 2 rings (SSSR count). The molecule has 1 aromatic heterocycles. The van der Waals surface area contributed by atoms with Crippen LogP contribution in [0.1, 0.15) is 48.9 Å². The Balaban J connectivity index is 1.65. The van der Waals surface area contributed by atoms with E-state index < -0.39 is 0 Å². The number of nitrogens with one attached hydrogen (secondary N) is 1. The van der Waals surface area contributed by atoms with E-state index in [9.17, 15) is 4.79 Å². The lowest BCUT2D eigenvalue weighted by atomic mass is 10.0. The van der Waals surface area contributed by atoms with Gasteiger partial charge in [-0.1, -0.05) is 25.7 Å². The summed E-state index contributed by atoms with van der Waals surface area (Å²) in [5.41, 5.74) is 0.575. The molecule has 1 aliphatic carbocycles. The van der Waals surface area contributed by atoms with Gasteiger partial charge in [0.2, 0.25) is 0 Å². The maximum absolute atomic E-state index is 11.7. The highest BCUT2D eigenvalue weighted by Gasteiger charge is 2.15. The van der Waals surface area contributed by atoms with Gasteiger partial charge in [-0.3, -0.25) is 4.79 Å². The van der Waals surface area contributed by atoms with Gasteiger partial charge in [0.15, 0.2) is 4.67 Å². The van der Waals surface area contributed by atoms with Gasteiger partial charge in [-0.05, 0) is 40.8 Å². The van der Waals surface area contributed by atoms with Crippen molar-refractivity contribution < 1.29 is 9.21 Å². The summed E-state index contributed by atoms with van der Waals surface area (Å²) in [5, 5.41) is 2.92. The van der Waals surface area contributed by atoms with Crippen molar-refractivity contribution in [3.05, 3.63) is 22.6 Å². The smallest absolute Gasteiger partial charge is 0.255 e. The number of hydrogen-bond donors (Lipinski definition) is 1. The van der Waals surface area contributed by atoms with Crippen LogP contribution in [0.3, 0.4) is 0 Å². The van der Waals surface area contributed by atoms with Gasteiger partial charge in [0, 0.05) is 6.54 Å². The highest BCUT2D eigenvalue weighted by atomic mass is 79.9. The molecule has 4 heteroatoms. The van der Waals surface area contributed by atoms with Crippen molar-refractivity contribution in [2.45, 2.75) is 38.5 Å². The molecule has 1 aromatic rings. The fourth-order valence-corrected chi connectivity index (χ4v) is 2.86. The van der Waals surface area contributed by atoms with E-state index in [1.165, 1.54) is 38.4 Å². The molecule has 0 aromatic carbocycles. The maximum Gasteiger partial charge on any atom is 0.255 e. The summed E-state index contributed by atoms with van der Waals surface area (Å²) < 4.78 is 5.53. The quantitative estimate of drug-likeness (QED) is 0.842. The van der Waals surface area contributed by atoms with Gasteiger partial charge < -0.3 is 9.73 Å². The Morgan fingerprint density at radius 1 is 1.47 bits per heavy atom. The van der Waals surface area contributed by atoms with Crippen LogP contribution in [0.25, 0.3) is 0 Å². The Kier molecular flexibility index (Phi) is 4.66. The number of amides is 1. The second-order valence-corrected chi connectivity index (χ2v) is 5.38. The topological polar surface area (TPSA) is 42.2 Å². The van der Waals surface area contributed by atoms with Crippen LogP contribution >= 0.6 is 15.9 Å². The monoisotopic (exact) mass is 299 g/mol. The predicted octanol–water partition coefficient (Wildman–Crippen LogP) is 3.74. The molecule has 1 amide bonds. The van der Waals surface area contributed by atoms with Crippen LogP contribution in [-0.2, 0) is 0 Å². The summed E-state index contributed by atoms with van der Waals surface area (Å²) in [6.07, 6.45) is 9.36. The standard InChI is InChI=1S/C13H18BrNO2/c14-12-11(7-9-17-12)13(16)15-8-3-6-10-4-1-2-5-10/h7,9-10H,1-6,8H2,(H,15,16). The zero-order chi connectivity index (χ0) is 12.1. The van der Waals surface area contributed by atoms with Crippen LogP contribution in [0.4, 0.5) is 0 Å². The Bertz CT molecular complexity index is 369. The van der Waals surface area contributed by atoms with Crippen LogP contribution in [0.5, 0.6) is 0 Å². The average Bonchev–Trinajstić information content (AvgIpc) is 2.95. The third-order valence-electron chi connectivity index (χ3n) is 3.41. The molecule has 1 aliphatic rings. The van der Waals surface area contributed by atoms with Crippen molar-refractivity contribution in [2.75, 3.05) is 6.54 Å². The van der Waals surface area contributed by atoms with E-state index in [2.05, 4.69) is 21.2 Å². The summed E-state index contributed by atoms with van der Waals surface area (Å²) in [4.78, 5) is 11.7. The van der Waals surface area contributed by atoms with Crippen LogP contribution < -0.4 is 5.32 Å². The number of halogens is 1. The fraction of sp³-hybridized carbons (Fsp3) is 0.615. The first-order chi connectivity index (χ1) is 8.27. The van der Waals surface area contributed by atoms with Gasteiger partial charge in [-0.15, -0.1) is 0 Å². The lowest BCUT2D eigenvalue weighted by molar-refractivity contribution is 0.0950. The molecule has 17 heavy (non-hydrogen) atoms. The number of rotatable bonds is 5. The van der Waals surface area contributed by atoms with Gasteiger partial charge in [-0.25, -0.2) is 0 Å². The molecule has 1 N–H and O–H groups in total. The third-order valence-corrected chi connectivity index (χ3v) is 4.03. The molecular weight excluding hydrogens is 282 g/mol. The second-order valence-electron chi connectivity index (χ2n) is 4.66. The van der Waals surface area contributed by atoms with Gasteiger partial charge in [0.1, 0.15) is 0 Å². The highest BCUT2D eigenvalue weighted by Crippen LogP contribution is 2.28. The molecule has 0 radical (unpaired) electrons. The molecule has 0 spiro atoms. The average molecular weight is 300 g/mol. The molecular formula is C13H18BrNO2. The van der Waals surface area contributed by atoms with Gasteiger partial charge >= 0.3 is 0 Å². The number of furan rings is 1.